The lowest BCUT2D eigenvalue weighted by Crippen LogP contribution is -2.31. The topological polar surface area (TPSA) is 47.5 Å². The summed E-state index contributed by atoms with van der Waals surface area (Å²) in [4.78, 5) is 12.9. The van der Waals surface area contributed by atoms with Crippen molar-refractivity contribution in [1.82, 2.24) is 14.9 Å². The summed E-state index contributed by atoms with van der Waals surface area (Å²) in [6.07, 6.45) is 2.93. The van der Waals surface area contributed by atoms with Gasteiger partial charge in [-0.3, -0.25) is 4.90 Å². The molecule has 5 nitrogen and oxygen atoms in total. The fourth-order valence-corrected chi connectivity index (χ4v) is 4.18. The average Bonchev–Trinajstić information content (AvgIpc) is 3.23. The third-order valence-corrected chi connectivity index (χ3v) is 5.86. The molecule has 6 heteroatoms. The fourth-order valence-electron chi connectivity index (χ4n) is 3.51. The molecule has 1 aliphatic heterocycles. The van der Waals surface area contributed by atoms with E-state index in [0.717, 1.165) is 48.3 Å². The molecule has 1 aromatic carbocycles. The molecule has 0 unspecified atom stereocenters. The van der Waals surface area contributed by atoms with Crippen LogP contribution in [0.5, 0.6) is 11.5 Å². The Morgan fingerprint density at radius 1 is 1.22 bits per heavy atom. The van der Waals surface area contributed by atoms with Gasteiger partial charge in [0.15, 0.2) is 5.82 Å². The monoisotopic (exact) mass is 381 g/mol. The van der Waals surface area contributed by atoms with Crippen LogP contribution in [0.2, 0.25) is 0 Å². The standard InChI is InChI=1S/C21H23N3O2S/c1-14-9-16(25-2)10-19(26-3)17(14)13-24-7-6-18-15(12-24)11-22-21(23-18)20-5-4-8-27-20/h4-5,8-11H,6-7,12-13H2,1-3H3. The van der Waals surface area contributed by atoms with Crippen molar-refractivity contribution in [2.45, 2.75) is 26.4 Å². The lowest BCUT2D eigenvalue weighted by molar-refractivity contribution is 0.238. The molecular formula is C21H23N3O2S. The van der Waals surface area contributed by atoms with E-state index >= 15 is 0 Å². The lowest BCUT2D eigenvalue weighted by atomic mass is 10.0. The normalized spacial score (nSPS) is 14.0. The first-order chi connectivity index (χ1) is 13.2. The maximum Gasteiger partial charge on any atom is 0.169 e. The van der Waals surface area contributed by atoms with Gasteiger partial charge in [0.1, 0.15) is 11.5 Å². The number of ether oxygens (including phenoxy) is 2. The predicted molar refractivity (Wildman–Crippen MR) is 107 cm³/mol. The minimum atomic E-state index is 0.826. The van der Waals surface area contributed by atoms with Gasteiger partial charge in [-0.15, -0.1) is 11.3 Å². The Hall–Kier alpha value is -2.44. The molecule has 3 aromatic rings. The van der Waals surface area contributed by atoms with Crippen LogP contribution >= 0.6 is 11.3 Å². The highest BCUT2D eigenvalue weighted by molar-refractivity contribution is 7.13. The summed E-state index contributed by atoms with van der Waals surface area (Å²) >= 11 is 1.68. The number of hydrogen-bond donors (Lipinski definition) is 0. The Kier molecular flexibility index (Phi) is 5.09. The van der Waals surface area contributed by atoms with Crippen molar-refractivity contribution < 1.29 is 9.47 Å². The van der Waals surface area contributed by atoms with Gasteiger partial charge in [-0.2, -0.15) is 0 Å². The molecule has 0 N–H and O–H groups in total. The maximum absolute atomic E-state index is 5.61. The van der Waals surface area contributed by atoms with E-state index < -0.39 is 0 Å². The molecule has 1 aliphatic rings. The summed E-state index contributed by atoms with van der Waals surface area (Å²) in [7, 11) is 3.39. The highest BCUT2D eigenvalue weighted by atomic mass is 32.1. The molecule has 3 heterocycles. The average molecular weight is 382 g/mol. The number of aryl methyl sites for hydroxylation is 1. The zero-order valence-corrected chi connectivity index (χ0v) is 16.7. The number of thiophene rings is 1. The molecule has 0 amide bonds. The van der Waals surface area contributed by atoms with E-state index in [1.807, 2.05) is 18.3 Å². The van der Waals surface area contributed by atoms with Crippen molar-refractivity contribution in [3.8, 4) is 22.2 Å². The molecule has 0 saturated heterocycles. The van der Waals surface area contributed by atoms with Crippen LogP contribution in [-0.4, -0.2) is 35.6 Å². The van der Waals surface area contributed by atoms with Crippen LogP contribution in [0, 0.1) is 6.92 Å². The maximum atomic E-state index is 5.61. The number of fused-ring (bicyclic) bond motifs is 1. The van der Waals surface area contributed by atoms with Crippen LogP contribution in [0.1, 0.15) is 22.4 Å². The van der Waals surface area contributed by atoms with Gasteiger partial charge in [0.2, 0.25) is 0 Å². The Bertz CT molecular complexity index is 941. The van der Waals surface area contributed by atoms with Crippen molar-refractivity contribution >= 4 is 11.3 Å². The van der Waals surface area contributed by atoms with Crippen molar-refractivity contribution in [3.05, 3.63) is 58.2 Å². The number of benzene rings is 1. The smallest absolute Gasteiger partial charge is 0.169 e. The van der Waals surface area contributed by atoms with Gasteiger partial charge in [-0.1, -0.05) is 6.07 Å². The second kappa shape index (κ2) is 7.66. The quantitative estimate of drug-likeness (QED) is 0.666. The largest absolute Gasteiger partial charge is 0.497 e. The van der Waals surface area contributed by atoms with Gasteiger partial charge in [0, 0.05) is 49.4 Å². The molecular weight excluding hydrogens is 358 g/mol. The number of methoxy groups -OCH3 is 2. The van der Waals surface area contributed by atoms with E-state index in [-0.39, 0.29) is 0 Å². The molecule has 0 saturated carbocycles. The first kappa shape index (κ1) is 17.9. The van der Waals surface area contributed by atoms with E-state index in [1.165, 1.54) is 22.4 Å². The van der Waals surface area contributed by atoms with Crippen LogP contribution in [0.3, 0.4) is 0 Å². The zero-order valence-electron chi connectivity index (χ0n) is 15.9. The van der Waals surface area contributed by atoms with Gasteiger partial charge in [0.05, 0.1) is 24.8 Å². The Balaban J connectivity index is 1.54. The van der Waals surface area contributed by atoms with Crippen LogP contribution in [0.25, 0.3) is 10.7 Å². The lowest BCUT2D eigenvalue weighted by Gasteiger charge is -2.29. The Labute approximate surface area is 163 Å². The Morgan fingerprint density at radius 3 is 2.85 bits per heavy atom. The summed E-state index contributed by atoms with van der Waals surface area (Å²) in [5, 5.41) is 2.06. The second-order valence-corrected chi connectivity index (χ2v) is 7.68. The highest BCUT2D eigenvalue weighted by Gasteiger charge is 2.21. The highest BCUT2D eigenvalue weighted by Crippen LogP contribution is 2.31. The van der Waals surface area contributed by atoms with Crippen LogP contribution in [0.4, 0.5) is 0 Å². The van der Waals surface area contributed by atoms with Crippen molar-refractivity contribution in [2.75, 3.05) is 20.8 Å². The summed E-state index contributed by atoms with van der Waals surface area (Å²) in [5.41, 5.74) is 4.77. The second-order valence-electron chi connectivity index (χ2n) is 6.73. The molecule has 0 bridgehead atoms. The SMILES string of the molecule is COc1cc(C)c(CN2CCc3nc(-c4cccs4)ncc3C2)c(OC)c1. The van der Waals surface area contributed by atoms with Gasteiger partial charge in [-0.25, -0.2) is 9.97 Å². The molecule has 0 atom stereocenters. The van der Waals surface area contributed by atoms with Crippen molar-refractivity contribution in [3.63, 3.8) is 0 Å². The first-order valence-corrected chi connectivity index (χ1v) is 9.88. The third-order valence-electron chi connectivity index (χ3n) is 5.00. The molecule has 2 aromatic heterocycles. The van der Waals surface area contributed by atoms with E-state index in [4.69, 9.17) is 14.5 Å². The van der Waals surface area contributed by atoms with Crippen molar-refractivity contribution in [2.24, 2.45) is 0 Å². The molecule has 27 heavy (non-hydrogen) atoms. The van der Waals surface area contributed by atoms with E-state index in [2.05, 4.69) is 34.3 Å². The van der Waals surface area contributed by atoms with Crippen molar-refractivity contribution in [1.29, 1.82) is 0 Å². The van der Waals surface area contributed by atoms with Gasteiger partial charge < -0.3 is 9.47 Å². The van der Waals surface area contributed by atoms with E-state index in [0.29, 0.717) is 0 Å². The first-order valence-electron chi connectivity index (χ1n) is 9.00. The molecule has 0 fully saturated rings. The third kappa shape index (κ3) is 3.68. The van der Waals surface area contributed by atoms with Crippen LogP contribution in [-0.2, 0) is 19.5 Å². The summed E-state index contributed by atoms with van der Waals surface area (Å²) in [6.45, 7) is 4.77. The van der Waals surface area contributed by atoms with E-state index in [1.54, 1.807) is 25.6 Å². The number of aromatic nitrogens is 2. The minimum Gasteiger partial charge on any atom is -0.497 e. The number of hydrogen-bond acceptors (Lipinski definition) is 6. The van der Waals surface area contributed by atoms with E-state index in [9.17, 15) is 0 Å². The summed E-state index contributed by atoms with van der Waals surface area (Å²) in [6, 6.07) is 8.12. The number of rotatable bonds is 5. The molecule has 0 spiro atoms. The van der Waals surface area contributed by atoms with Gasteiger partial charge in [0.25, 0.3) is 0 Å². The molecule has 0 radical (unpaired) electrons. The number of nitrogens with zero attached hydrogens (tertiary/aromatic N) is 3. The predicted octanol–water partition coefficient (Wildman–Crippen LogP) is 4.09. The minimum absolute atomic E-state index is 0.826. The Morgan fingerprint density at radius 2 is 2.11 bits per heavy atom. The molecule has 0 aliphatic carbocycles. The summed E-state index contributed by atoms with van der Waals surface area (Å²) in [5.74, 6) is 2.54. The van der Waals surface area contributed by atoms with Crippen LogP contribution in [0.15, 0.2) is 35.8 Å². The molecule has 140 valence electrons. The fraction of sp³-hybridized carbons (Fsp3) is 0.333. The molecule has 4 rings (SSSR count). The van der Waals surface area contributed by atoms with Gasteiger partial charge in [-0.05, 0) is 30.0 Å². The summed E-state index contributed by atoms with van der Waals surface area (Å²) < 4.78 is 11.0. The zero-order chi connectivity index (χ0) is 18.8. The van der Waals surface area contributed by atoms with Gasteiger partial charge >= 0.3 is 0 Å². The van der Waals surface area contributed by atoms with Crippen LogP contribution < -0.4 is 9.47 Å².